The van der Waals surface area contributed by atoms with E-state index in [2.05, 4.69) is 15.3 Å². The fourth-order valence-electron chi connectivity index (χ4n) is 2.02. The van der Waals surface area contributed by atoms with Crippen LogP contribution in [0.15, 0.2) is 39.9 Å². The summed E-state index contributed by atoms with van der Waals surface area (Å²) in [5.41, 5.74) is 1.61. The highest BCUT2D eigenvalue weighted by molar-refractivity contribution is 7.71. The maximum absolute atomic E-state index is 5.78. The van der Waals surface area contributed by atoms with Gasteiger partial charge in [-0.1, -0.05) is 25.1 Å². The Hall–Kier alpha value is -2.21. The minimum absolute atomic E-state index is 0.484. The van der Waals surface area contributed by atoms with Crippen molar-refractivity contribution in [3.8, 4) is 0 Å². The Morgan fingerprint density at radius 3 is 3.00 bits per heavy atom. The van der Waals surface area contributed by atoms with Crippen molar-refractivity contribution in [3.05, 3.63) is 46.7 Å². The second-order valence-electron chi connectivity index (χ2n) is 4.44. The van der Waals surface area contributed by atoms with E-state index >= 15 is 0 Å². The number of furan rings is 1. The fraction of sp³-hybridized carbons (Fsp3) is 0.214. The molecule has 0 bridgehead atoms. The Kier molecular flexibility index (Phi) is 3.23. The highest BCUT2D eigenvalue weighted by Crippen LogP contribution is 2.19. The van der Waals surface area contributed by atoms with E-state index in [-0.39, 0.29) is 0 Å². The molecule has 2 heterocycles. The molecule has 5 nitrogen and oxygen atoms in total. The van der Waals surface area contributed by atoms with E-state index in [0.717, 1.165) is 34.7 Å². The zero-order valence-corrected chi connectivity index (χ0v) is 12.1. The van der Waals surface area contributed by atoms with Crippen LogP contribution in [0, 0.1) is 4.77 Å². The molecular weight excluding hydrogens is 272 g/mol. The number of benzene rings is 1. The summed E-state index contributed by atoms with van der Waals surface area (Å²) < 4.78 is 7.90. The standard InChI is InChI=1S/C14H14N4OS/c1-3-13-15-16-14(20)18(13)17-9(2)12-8-10-6-4-5-7-11(10)19-12/h4-8H,3H2,1-2H3,(H,16,20)/b17-9-. The van der Waals surface area contributed by atoms with Crippen molar-refractivity contribution in [3.63, 3.8) is 0 Å². The van der Waals surface area contributed by atoms with Gasteiger partial charge in [0.1, 0.15) is 11.3 Å². The fourth-order valence-corrected chi connectivity index (χ4v) is 2.21. The van der Waals surface area contributed by atoms with Crippen molar-refractivity contribution in [1.29, 1.82) is 0 Å². The molecule has 0 aliphatic carbocycles. The van der Waals surface area contributed by atoms with E-state index in [1.54, 1.807) is 4.68 Å². The third-order valence-electron chi connectivity index (χ3n) is 3.07. The largest absolute Gasteiger partial charge is 0.455 e. The van der Waals surface area contributed by atoms with Crippen LogP contribution < -0.4 is 0 Å². The quantitative estimate of drug-likeness (QED) is 0.592. The molecule has 6 heteroatoms. The first kappa shape index (κ1) is 12.8. The lowest BCUT2D eigenvalue weighted by atomic mass is 10.2. The van der Waals surface area contributed by atoms with Crippen LogP contribution in [0.4, 0.5) is 0 Å². The van der Waals surface area contributed by atoms with Gasteiger partial charge in [-0.15, -0.1) is 0 Å². The van der Waals surface area contributed by atoms with Crippen LogP contribution in [0.1, 0.15) is 25.4 Å². The summed E-state index contributed by atoms with van der Waals surface area (Å²) in [5.74, 6) is 1.53. The third kappa shape index (κ3) is 2.18. The van der Waals surface area contributed by atoms with Gasteiger partial charge in [0.15, 0.2) is 11.6 Å². The highest BCUT2D eigenvalue weighted by Gasteiger charge is 2.08. The summed E-state index contributed by atoms with van der Waals surface area (Å²) >= 11 is 5.18. The van der Waals surface area contributed by atoms with Gasteiger partial charge in [0.05, 0.1) is 0 Å². The van der Waals surface area contributed by atoms with E-state index in [4.69, 9.17) is 16.6 Å². The van der Waals surface area contributed by atoms with Crippen molar-refractivity contribution < 1.29 is 4.42 Å². The summed E-state index contributed by atoms with van der Waals surface area (Å²) in [6.45, 7) is 3.90. The topological polar surface area (TPSA) is 59.1 Å². The van der Waals surface area contributed by atoms with E-state index < -0.39 is 0 Å². The molecule has 0 saturated carbocycles. The van der Waals surface area contributed by atoms with Gasteiger partial charge in [0.25, 0.3) is 0 Å². The van der Waals surface area contributed by atoms with Crippen LogP contribution in [-0.2, 0) is 6.42 Å². The monoisotopic (exact) mass is 286 g/mol. The minimum Gasteiger partial charge on any atom is -0.455 e. The lowest BCUT2D eigenvalue weighted by molar-refractivity contribution is 0.602. The molecule has 1 aromatic carbocycles. The number of nitrogens with zero attached hydrogens (tertiary/aromatic N) is 3. The maximum atomic E-state index is 5.78. The SMILES string of the molecule is CCc1n[nH]c(=S)n1/N=C(/C)c1cc2ccccc2o1. The number of fused-ring (bicyclic) bond motifs is 1. The first-order valence-corrected chi connectivity index (χ1v) is 6.80. The number of hydrogen-bond acceptors (Lipinski definition) is 4. The van der Waals surface area contributed by atoms with Crippen molar-refractivity contribution in [2.45, 2.75) is 20.3 Å². The van der Waals surface area contributed by atoms with Crippen molar-refractivity contribution in [2.24, 2.45) is 5.10 Å². The molecule has 0 atom stereocenters. The summed E-state index contributed by atoms with van der Waals surface area (Å²) in [5, 5.41) is 12.4. The van der Waals surface area contributed by atoms with Crippen LogP contribution in [-0.4, -0.2) is 20.6 Å². The van der Waals surface area contributed by atoms with Gasteiger partial charge in [-0.3, -0.25) is 5.10 Å². The molecule has 0 amide bonds. The molecule has 102 valence electrons. The Labute approximate surface area is 120 Å². The van der Waals surface area contributed by atoms with Crippen molar-refractivity contribution in [2.75, 3.05) is 0 Å². The van der Waals surface area contributed by atoms with E-state index in [9.17, 15) is 0 Å². The number of hydrogen-bond donors (Lipinski definition) is 1. The van der Waals surface area contributed by atoms with Gasteiger partial charge in [0, 0.05) is 11.8 Å². The molecule has 0 aliphatic heterocycles. The number of aromatic nitrogens is 3. The van der Waals surface area contributed by atoms with Gasteiger partial charge in [-0.05, 0) is 31.3 Å². The minimum atomic E-state index is 0.484. The predicted octanol–water partition coefficient (Wildman–Crippen LogP) is 3.52. The zero-order valence-electron chi connectivity index (χ0n) is 11.3. The number of aryl methyl sites for hydroxylation is 1. The molecule has 0 saturated heterocycles. The first-order chi connectivity index (χ1) is 9.69. The molecule has 3 rings (SSSR count). The van der Waals surface area contributed by atoms with Gasteiger partial charge in [-0.2, -0.15) is 14.9 Å². The molecule has 2 aromatic heterocycles. The highest BCUT2D eigenvalue weighted by atomic mass is 32.1. The average Bonchev–Trinajstić information content (AvgIpc) is 3.03. The smallest absolute Gasteiger partial charge is 0.216 e. The molecule has 0 unspecified atom stereocenters. The average molecular weight is 286 g/mol. The summed E-state index contributed by atoms with van der Waals surface area (Å²) in [4.78, 5) is 0. The van der Waals surface area contributed by atoms with E-state index in [1.165, 1.54) is 0 Å². The Bertz CT molecular complexity index is 807. The van der Waals surface area contributed by atoms with Crippen LogP contribution in [0.5, 0.6) is 0 Å². The summed E-state index contributed by atoms with van der Waals surface area (Å²) in [7, 11) is 0. The molecule has 3 aromatic rings. The lowest BCUT2D eigenvalue weighted by Crippen LogP contribution is -2.02. The molecule has 0 radical (unpaired) electrons. The van der Waals surface area contributed by atoms with Gasteiger partial charge in [0.2, 0.25) is 4.77 Å². The molecule has 20 heavy (non-hydrogen) atoms. The summed E-state index contributed by atoms with van der Waals surface area (Å²) in [6, 6.07) is 9.85. The molecular formula is C14H14N4OS. The van der Waals surface area contributed by atoms with Gasteiger partial charge in [-0.25, -0.2) is 0 Å². The van der Waals surface area contributed by atoms with Crippen LogP contribution in [0.2, 0.25) is 0 Å². The second kappa shape index (κ2) is 5.05. The normalized spacial score (nSPS) is 12.2. The second-order valence-corrected chi connectivity index (χ2v) is 4.83. The van der Waals surface area contributed by atoms with Crippen LogP contribution in [0.3, 0.4) is 0 Å². The molecule has 1 N–H and O–H groups in total. The number of rotatable bonds is 3. The van der Waals surface area contributed by atoms with Crippen molar-refractivity contribution >= 4 is 28.9 Å². The Balaban J connectivity index is 2.07. The van der Waals surface area contributed by atoms with Gasteiger partial charge < -0.3 is 4.42 Å². The molecule has 0 aliphatic rings. The zero-order chi connectivity index (χ0) is 14.1. The summed E-state index contributed by atoms with van der Waals surface area (Å²) in [6.07, 6.45) is 0.754. The third-order valence-corrected chi connectivity index (χ3v) is 3.33. The number of H-pyrrole nitrogens is 1. The number of aromatic amines is 1. The maximum Gasteiger partial charge on any atom is 0.216 e. The Morgan fingerprint density at radius 2 is 2.25 bits per heavy atom. The van der Waals surface area contributed by atoms with E-state index in [0.29, 0.717) is 4.77 Å². The lowest BCUT2D eigenvalue weighted by Gasteiger charge is -1.99. The van der Waals surface area contributed by atoms with Gasteiger partial charge >= 0.3 is 0 Å². The first-order valence-electron chi connectivity index (χ1n) is 6.40. The predicted molar refractivity (Wildman–Crippen MR) is 80.6 cm³/mol. The van der Waals surface area contributed by atoms with Crippen LogP contribution >= 0.6 is 12.2 Å². The Morgan fingerprint density at radius 1 is 1.45 bits per heavy atom. The molecule has 0 spiro atoms. The van der Waals surface area contributed by atoms with E-state index in [1.807, 2.05) is 44.2 Å². The van der Waals surface area contributed by atoms with Crippen LogP contribution in [0.25, 0.3) is 11.0 Å². The number of nitrogens with one attached hydrogen (secondary N) is 1. The number of para-hydroxylation sites is 1. The molecule has 0 fully saturated rings. The van der Waals surface area contributed by atoms with Crippen molar-refractivity contribution in [1.82, 2.24) is 14.9 Å².